The van der Waals surface area contributed by atoms with E-state index in [0.717, 1.165) is 51.6 Å². The fraction of sp³-hybridized carbons (Fsp3) is 0.895. The summed E-state index contributed by atoms with van der Waals surface area (Å²) in [6, 6.07) is 0.394. The van der Waals surface area contributed by atoms with Crippen molar-refractivity contribution in [2.75, 3.05) is 53.4 Å². The van der Waals surface area contributed by atoms with Crippen LogP contribution in [0.3, 0.4) is 0 Å². The Bertz CT molecular complexity index is 430. The third kappa shape index (κ3) is 9.97. The molecule has 0 radical (unpaired) electrons. The second-order valence-electron chi connectivity index (χ2n) is 7.91. The van der Waals surface area contributed by atoms with Gasteiger partial charge in [0.1, 0.15) is 6.54 Å². The van der Waals surface area contributed by atoms with Crippen LogP contribution in [0.1, 0.15) is 40.5 Å². The Balaban J connectivity index is 2.44. The number of rotatable bonds is 9. The van der Waals surface area contributed by atoms with E-state index in [-0.39, 0.29) is 12.5 Å². The van der Waals surface area contributed by atoms with E-state index in [0.29, 0.717) is 18.1 Å². The van der Waals surface area contributed by atoms with Crippen LogP contribution in [0.15, 0.2) is 4.99 Å². The summed E-state index contributed by atoms with van der Waals surface area (Å²) < 4.78 is 5.64. The Kier molecular flexibility index (Phi) is 10.6. The summed E-state index contributed by atoms with van der Waals surface area (Å²) in [5.74, 6) is 1.28. The van der Waals surface area contributed by atoms with Crippen LogP contribution in [0.25, 0.3) is 0 Å². The van der Waals surface area contributed by atoms with E-state index in [1.54, 1.807) is 19.0 Å². The highest BCUT2D eigenvalue weighted by atomic mass is 16.5. The number of hydrogen-bond acceptors (Lipinski definition) is 4. The average Bonchev–Trinajstić information content (AvgIpc) is 2.57. The van der Waals surface area contributed by atoms with Gasteiger partial charge in [-0.05, 0) is 32.6 Å². The molecule has 1 aliphatic heterocycles. The number of piperidine rings is 1. The molecule has 152 valence electrons. The maximum Gasteiger partial charge on any atom is 0.243 e. The topological polar surface area (TPSA) is 69.2 Å². The van der Waals surface area contributed by atoms with Gasteiger partial charge in [0.05, 0.1) is 12.7 Å². The third-order valence-electron chi connectivity index (χ3n) is 4.34. The summed E-state index contributed by atoms with van der Waals surface area (Å²) >= 11 is 0. The lowest BCUT2D eigenvalue weighted by Crippen LogP contribution is -2.50. The molecule has 7 heteroatoms. The number of aliphatic imine (C=N–C) groups is 1. The number of likely N-dealkylation sites (N-methyl/N-ethyl adjacent to an activating group) is 1. The second kappa shape index (κ2) is 12.1. The van der Waals surface area contributed by atoms with Crippen molar-refractivity contribution in [2.45, 2.75) is 52.7 Å². The highest BCUT2D eigenvalue weighted by Gasteiger charge is 2.20. The lowest BCUT2D eigenvalue weighted by Gasteiger charge is -2.33. The fourth-order valence-electron chi connectivity index (χ4n) is 2.65. The van der Waals surface area contributed by atoms with Crippen LogP contribution in [0, 0.1) is 5.92 Å². The van der Waals surface area contributed by atoms with Gasteiger partial charge in [-0.3, -0.25) is 4.79 Å². The molecule has 1 amide bonds. The van der Waals surface area contributed by atoms with Gasteiger partial charge in [0, 0.05) is 46.3 Å². The van der Waals surface area contributed by atoms with Crippen LogP contribution in [0.4, 0.5) is 0 Å². The van der Waals surface area contributed by atoms with Crippen LogP contribution in [-0.2, 0) is 9.53 Å². The predicted octanol–water partition coefficient (Wildman–Crippen LogP) is 1.16. The minimum atomic E-state index is 0.00983. The molecule has 0 aromatic carbocycles. The van der Waals surface area contributed by atoms with Crippen molar-refractivity contribution in [2.24, 2.45) is 10.9 Å². The summed E-state index contributed by atoms with van der Waals surface area (Å²) in [4.78, 5) is 20.3. The van der Waals surface area contributed by atoms with Gasteiger partial charge in [-0.2, -0.15) is 0 Å². The number of nitrogens with zero attached hydrogens (tertiary/aromatic N) is 3. The molecule has 1 fully saturated rings. The molecule has 1 saturated heterocycles. The van der Waals surface area contributed by atoms with Crippen molar-refractivity contribution in [3.8, 4) is 0 Å². The number of carbonyl (C=O) groups excluding carboxylic acids is 1. The number of likely N-dealkylation sites (tertiary alicyclic amines) is 1. The fourth-order valence-corrected chi connectivity index (χ4v) is 2.65. The summed E-state index contributed by atoms with van der Waals surface area (Å²) in [6.07, 6.45) is 2.45. The Hall–Kier alpha value is -1.34. The molecule has 0 bridgehead atoms. The molecule has 0 aromatic heterocycles. The smallest absolute Gasteiger partial charge is 0.243 e. The SMILES string of the molecule is CC(C)CNC(=NCC(=O)N(C)C)NC1CCN(CCOC(C)C)CC1. The first-order valence-electron chi connectivity index (χ1n) is 9.86. The maximum atomic E-state index is 11.8. The zero-order valence-corrected chi connectivity index (χ0v) is 17.5. The van der Waals surface area contributed by atoms with E-state index in [1.807, 2.05) is 0 Å². The summed E-state index contributed by atoms with van der Waals surface area (Å²) in [5.41, 5.74) is 0. The minimum absolute atomic E-state index is 0.00983. The molecule has 0 aliphatic carbocycles. The zero-order chi connectivity index (χ0) is 19.5. The first kappa shape index (κ1) is 22.7. The van der Waals surface area contributed by atoms with Crippen molar-refractivity contribution in [3.63, 3.8) is 0 Å². The average molecular weight is 370 g/mol. The van der Waals surface area contributed by atoms with E-state index in [9.17, 15) is 4.79 Å². The van der Waals surface area contributed by atoms with Gasteiger partial charge in [-0.25, -0.2) is 4.99 Å². The Morgan fingerprint density at radius 1 is 1.23 bits per heavy atom. The Morgan fingerprint density at radius 2 is 1.88 bits per heavy atom. The summed E-state index contributed by atoms with van der Waals surface area (Å²) in [6.45, 7) is 13.4. The first-order valence-corrected chi connectivity index (χ1v) is 9.86. The predicted molar refractivity (Wildman–Crippen MR) is 108 cm³/mol. The number of hydrogen-bond donors (Lipinski definition) is 2. The van der Waals surface area contributed by atoms with Gasteiger partial charge in [-0.1, -0.05) is 13.8 Å². The maximum absolute atomic E-state index is 11.8. The molecule has 26 heavy (non-hydrogen) atoms. The first-order chi connectivity index (χ1) is 12.3. The highest BCUT2D eigenvalue weighted by molar-refractivity contribution is 5.84. The van der Waals surface area contributed by atoms with Crippen LogP contribution in [0.5, 0.6) is 0 Å². The van der Waals surface area contributed by atoms with Crippen molar-refractivity contribution >= 4 is 11.9 Å². The number of guanidine groups is 1. The van der Waals surface area contributed by atoms with Gasteiger partial charge < -0.3 is 25.2 Å². The lowest BCUT2D eigenvalue weighted by molar-refractivity contribution is -0.127. The van der Waals surface area contributed by atoms with Crippen LogP contribution >= 0.6 is 0 Å². The summed E-state index contributed by atoms with van der Waals surface area (Å²) in [7, 11) is 3.51. The van der Waals surface area contributed by atoms with Gasteiger partial charge in [-0.15, -0.1) is 0 Å². The molecular formula is C19H39N5O2. The van der Waals surface area contributed by atoms with Crippen molar-refractivity contribution < 1.29 is 9.53 Å². The van der Waals surface area contributed by atoms with E-state index >= 15 is 0 Å². The molecule has 2 N–H and O–H groups in total. The van der Waals surface area contributed by atoms with Crippen molar-refractivity contribution in [3.05, 3.63) is 0 Å². The number of carbonyl (C=O) groups is 1. The molecule has 1 heterocycles. The summed E-state index contributed by atoms with van der Waals surface area (Å²) in [5, 5.41) is 6.86. The molecule has 0 unspecified atom stereocenters. The molecular weight excluding hydrogens is 330 g/mol. The molecule has 1 rings (SSSR count). The highest BCUT2D eigenvalue weighted by Crippen LogP contribution is 2.10. The molecule has 0 aromatic rings. The minimum Gasteiger partial charge on any atom is -0.377 e. The van der Waals surface area contributed by atoms with E-state index in [4.69, 9.17) is 4.74 Å². The third-order valence-corrected chi connectivity index (χ3v) is 4.34. The van der Waals surface area contributed by atoms with Crippen LogP contribution in [0.2, 0.25) is 0 Å². The number of nitrogens with one attached hydrogen (secondary N) is 2. The molecule has 0 saturated carbocycles. The van der Waals surface area contributed by atoms with Gasteiger partial charge in [0.2, 0.25) is 5.91 Å². The van der Waals surface area contributed by atoms with E-state index in [2.05, 4.69) is 48.2 Å². The van der Waals surface area contributed by atoms with Gasteiger partial charge in [0.25, 0.3) is 0 Å². The van der Waals surface area contributed by atoms with Crippen molar-refractivity contribution in [1.82, 2.24) is 20.4 Å². The second-order valence-corrected chi connectivity index (χ2v) is 7.91. The van der Waals surface area contributed by atoms with E-state index in [1.165, 1.54) is 0 Å². The number of ether oxygens (including phenoxy) is 1. The Morgan fingerprint density at radius 3 is 2.42 bits per heavy atom. The molecule has 0 spiro atoms. The van der Waals surface area contributed by atoms with E-state index < -0.39 is 0 Å². The quantitative estimate of drug-likeness (QED) is 0.471. The standard InChI is InChI=1S/C19H39N5O2/c1-15(2)13-20-19(21-14-18(25)23(5)6)22-17-7-9-24(10-8-17)11-12-26-16(3)4/h15-17H,7-14H2,1-6H3,(H2,20,21,22). The van der Waals surface area contributed by atoms with Crippen LogP contribution in [-0.4, -0.2) is 87.2 Å². The largest absolute Gasteiger partial charge is 0.377 e. The number of amides is 1. The monoisotopic (exact) mass is 369 g/mol. The molecule has 0 atom stereocenters. The van der Waals surface area contributed by atoms with Crippen molar-refractivity contribution in [1.29, 1.82) is 0 Å². The zero-order valence-electron chi connectivity index (χ0n) is 17.5. The van der Waals surface area contributed by atoms with Crippen LogP contribution < -0.4 is 10.6 Å². The normalized spacial score (nSPS) is 17.0. The molecule has 7 nitrogen and oxygen atoms in total. The molecule has 1 aliphatic rings. The lowest BCUT2D eigenvalue weighted by atomic mass is 10.1. The van der Waals surface area contributed by atoms with Gasteiger partial charge >= 0.3 is 0 Å². The van der Waals surface area contributed by atoms with Gasteiger partial charge in [0.15, 0.2) is 5.96 Å². The Labute approximate surface area is 159 Å².